The molecule has 0 saturated heterocycles. The van der Waals surface area contributed by atoms with Crippen LogP contribution in [0, 0.1) is 6.92 Å². The van der Waals surface area contributed by atoms with Gasteiger partial charge in [-0.05, 0) is 118 Å². The number of rotatable bonds is 6. The summed E-state index contributed by atoms with van der Waals surface area (Å²) in [4.78, 5) is 2.33. The summed E-state index contributed by atoms with van der Waals surface area (Å²) in [5.41, 5.74) is 12.0. The van der Waals surface area contributed by atoms with Crippen LogP contribution in [0.2, 0.25) is 0 Å². The van der Waals surface area contributed by atoms with Crippen molar-refractivity contribution >= 4 is 44.8 Å². The Kier molecular flexibility index (Phi) is 7.14. The Hall–Kier alpha value is -5.34. The quantitative estimate of drug-likeness (QED) is 0.189. The molecule has 0 radical (unpaired) electrons. The van der Waals surface area contributed by atoms with E-state index in [-0.39, 0.29) is 5.41 Å². The van der Waals surface area contributed by atoms with E-state index in [0.29, 0.717) is 0 Å². The zero-order chi connectivity index (χ0) is 31.1. The molecule has 7 rings (SSSR count). The van der Waals surface area contributed by atoms with Crippen LogP contribution in [0.3, 0.4) is 0 Å². The van der Waals surface area contributed by atoms with E-state index in [2.05, 4.69) is 183 Å². The Morgan fingerprint density at radius 3 is 2.00 bits per heavy atom. The molecule has 0 spiro atoms. The third-order valence-electron chi connectivity index (χ3n) is 8.89. The second-order valence-electron chi connectivity index (χ2n) is 12.9. The first-order valence-corrected chi connectivity index (χ1v) is 15.6. The predicted octanol–water partition coefficient (Wildman–Crippen LogP) is 12.2. The van der Waals surface area contributed by atoms with Crippen molar-refractivity contribution in [3.05, 3.63) is 163 Å². The van der Waals surface area contributed by atoms with Crippen molar-refractivity contribution in [3.8, 4) is 16.8 Å². The average Bonchev–Trinajstić information content (AvgIpc) is 3.49. The van der Waals surface area contributed by atoms with Crippen molar-refractivity contribution in [1.29, 1.82) is 0 Å². The maximum atomic E-state index is 4.06. The number of fused-ring (bicyclic) bond motifs is 2. The maximum absolute atomic E-state index is 4.06. The highest BCUT2D eigenvalue weighted by Gasteiger charge is 2.16. The lowest BCUT2D eigenvalue weighted by atomic mass is 9.87. The summed E-state index contributed by atoms with van der Waals surface area (Å²) in [5.74, 6) is 0. The van der Waals surface area contributed by atoms with Gasteiger partial charge in [-0.25, -0.2) is 0 Å². The SMILES string of the molecule is C=Cc1cc(N(c2ccc(-c3ccc4c(ccn4-c4ccc(C(C)(C)C)cc4)c3)cc2)c2ccc3ccccc3c2)ccc1C. The molecule has 0 N–H and O–H groups in total. The number of aromatic nitrogens is 1. The molecule has 0 amide bonds. The zero-order valence-electron chi connectivity index (χ0n) is 26.5. The molecule has 0 unspecified atom stereocenters. The van der Waals surface area contributed by atoms with Crippen molar-refractivity contribution < 1.29 is 0 Å². The number of nitrogens with zero attached hydrogens (tertiary/aromatic N) is 2. The van der Waals surface area contributed by atoms with Crippen molar-refractivity contribution in [1.82, 2.24) is 4.57 Å². The third kappa shape index (κ3) is 5.45. The Bertz CT molecular complexity index is 2160. The number of hydrogen-bond acceptors (Lipinski definition) is 1. The first kappa shape index (κ1) is 28.4. The van der Waals surface area contributed by atoms with Gasteiger partial charge in [-0.2, -0.15) is 0 Å². The van der Waals surface area contributed by atoms with Crippen molar-refractivity contribution in [2.75, 3.05) is 4.90 Å². The van der Waals surface area contributed by atoms with E-state index in [1.165, 1.54) is 49.6 Å². The number of hydrogen-bond donors (Lipinski definition) is 0. The minimum Gasteiger partial charge on any atom is -0.317 e. The Morgan fingerprint density at radius 2 is 1.27 bits per heavy atom. The molecule has 220 valence electrons. The fourth-order valence-electron chi connectivity index (χ4n) is 6.22. The fraction of sp³-hybridized carbons (Fsp3) is 0.116. The molecule has 0 aliphatic carbocycles. The summed E-state index contributed by atoms with van der Waals surface area (Å²) in [5, 5.41) is 3.68. The molecular weight excluding hydrogens is 544 g/mol. The summed E-state index contributed by atoms with van der Waals surface area (Å²) >= 11 is 0. The van der Waals surface area contributed by atoms with Gasteiger partial charge in [0, 0.05) is 34.3 Å². The van der Waals surface area contributed by atoms with Gasteiger partial charge >= 0.3 is 0 Å². The zero-order valence-corrected chi connectivity index (χ0v) is 26.5. The molecule has 1 heterocycles. The van der Waals surface area contributed by atoms with Gasteiger partial charge in [-0.3, -0.25) is 0 Å². The molecule has 6 aromatic carbocycles. The largest absolute Gasteiger partial charge is 0.317 e. The second kappa shape index (κ2) is 11.3. The van der Waals surface area contributed by atoms with E-state index < -0.39 is 0 Å². The van der Waals surface area contributed by atoms with Gasteiger partial charge < -0.3 is 9.47 Å². The highest BCUT2D eigenvalue weighted by molar-refractivity contribution is 5.90. The average molecular weight is 583 g/mol. The summed E-state index contributed by atoms with van der Waals surface area (Å²) in [6, 6.07) is 48.6. The molecule has 0 bridgehead atoms. The van der Waals surface area contributed by atoms with Crippen LogP contribution in [0.4, 0.5) is 17.1 Å². The van der Waals surface area contributed by atoms with Crippen LogP contribution < -0.4 is 4.90 Å². The monoisotopic (exact) mass is 582 g/mol. The lowest BCUT2D eigenvalue weighted by Gasteiger charge is -2.27. The van der Waals surface area contributed by atoms with Gasteiger partial charge in [0.15, 0.2) is 0 Å². The maximum Gasteiger partial charge on any atom is 0.0528 e. The number of benzene rings is 6. The van der Waals surface area contributed by atoms with E-state index in [9.17, 15) is 0 Å². The molecule has 0 aliphatic heterocycles. The lowest BCUT2D eigenvalue weighted by Crippen LogP contribution is -2.10. The summed E-state index contributed by atoms with van der Waals surface area (Å²) in [6.07, 6.45) is 4.11. The predicted molar refractivity (Wildman–Crippen MR) is 194 cm³/mol. The Labute approximate surface area is 266 Å². The molecule has 0 aliphatic rings. The van der Waals surface area contributed by atoms with Gasteiger partial charge in [-0.1, -0.05) is 100 Å². The van der Waals surface area contributed by atoms with Gasteiger partial charge in [0.2, 0.25) is 0 Å². The van der Waals surface area contributed by atoms with Gasteiger partial charge in [0.05, 0.1) is 5.52 Å². The van der Waals surface area contributed by atoms with Crippen LogP contribution in [0.1, 0.15) is 37.5 Å². The van der Waals surface area contributed by atoms with Crippen molar-refractivity contribution in [3.63, 3.8) is 0 Å². The van der Waals surface area contributed by atoms with E-state index in [1.807, 2.05) is 6.08 Å². The molecule has 2 heteroatoms. The lowest BCUT2D eigenvalue weighted by molar-refractivity contribution is 0.590. The fourth-order valence-corrected chi connectivity index (χ4v) is 6.22. The number of anilines is 3. The minimum atomic E-state index is 0.142. The van der Waals surface area contributed by atoms with Crippen LogP contribution >= 0.6 is 0 Å². The summed E-state index contributed by atoms with van der Waals surface area (Å²) in [7, 11) is 0. The number of aryl methyl sites for hydroxylation is 1. The Morgan fingerprint density at radius 1 is 0.600 bits per heavy atom. The molecule has 7 aromatic rings. The second-order valence-corrected chi connectivity index (χ2v) is 12.9. The van der Waals surface area contributed by atoms with Crippen LogP contribution in [0.25, 0.3) is 44.6 Å². The standard InChI is InChI=1S/C43H38N2/c1-6-31-28-40(18-11-30(31)2)45(41-21-14-32-9-7-8-10-34(32)29-41)39-19-12-33(13-20-39)35-15-24-42-36(27-35)25-26-44(42)38-22-16-37(17-23-38)43(3,4)5/h6-29H,1H2,2-5H3. The first-order valence-electron chi connectivity index (χ1n) is 15.6. The van der Waals surface area contributed by atoms with Crippen LogP contribution in [0.5, 0.6) is 0 Å². The van der Waals surface area contributed by atoms with Crippen LogP contribution in [-0.2, 0) is 5.41 Å². The smallest absolute Gasteiger partial charge is 0.0528 e. The van der Waals surface area contributed by atoms with E-state index >= 15 is 0 Å². The molecule has 45 heavy (non-hydrogen) atoms. The molecule has 1 aromatic heterocycles. The molecular formula is C43H38N2. The topological polar surface area (TPSA) is 8.17 Å². The van der Waals surface area contributed by atoms with Crippen molar-refractivity contribution in [2.24, 2.45) is 0 Å². The van der Waals surface area contributed by atoms with Gasteiger partial charge in [0.25, 0.3) is 0 Å². The molecule has 0 saturated carbocycles. The third-order valence-corrected chi connectivity index (χ3v) is 8.89. The van der Waals surface area contributed by atoms with Gasteiger partial charge in [-0.15, -0.1) is 0 Å². The molecule has 0 atom stereocenters. The van der Waals surface area contributed by atoms with Crippen LogP contribution in [0.15, 0.2) is 146 Å². The van der Waals surface area contributed by atoms with Gasteiger partial charge in [0.1, 0.15) is 0 Å². The van der Waals surface area contributed by atoms with Crippen molar-refractivity contribution in [2.45, 2.75) is 33.1 Å². The van der Waals surface area contributed by atoms with E-state index in [0.717, 1.165) is 22.6 Å². The highest BCUT2D eigenvalue weighted by Crippen LogP contribution is 2.38. The van der Waals surface area contributed by atoms with E-state index in [1.54, 1.807) is 0 Å². The first-order chi connectivity index (χ1) is 21.8. The minimum absolute atomic E-state index is 0.142. The van der Waals surface area contributed by atoms with E-state index in [4.69, 9.17) is 0 Å². The normalized spacial score (nSPS) is 11.6. The van der Waals surface area contributed by atoms with Crippen LogP contribution in [-0.4, -0.2) is 4.57 Å². The summed E-state index contributed by atoms with van der Waals surface area (Å²) in [6.45, 7) is 12.9. The Balaban J connectivity index is 1.24. The molecule has 2 nitrogen and oxygen atoms in total. The molecule has 0 fully saturated rings. The highest BCUT2D eigenvalue weighted by atomic mass is 15.1. The summed E-state index contributed by atoms with van der Waals surface area (Å²) < 4.78 is 2.27.